The van der Waals surface area contributed by atoms with Gasteiger partial charge >= 0.3 is 0 Å². The highest BCUT2D eigenvalue weighted by Gasteiger charge is 2.43. The Morgan fingerprint density at radius 3 is 2.81 bits per heavy atom. The lowest BCUT2D eigenvalue weighted by atomic mass is 9.95. The minimum Gasteiger partial charge on any atom is -0.370 e. The molecule has 1 aromatic rings. The Kier molecular flexibility index (Phi) is 6.46. The summed E-state index contributed by atoms with van der Waals surface area (Å²) < 4.78 is 0.254. The summed E-state index contributed by atoms with van der Waals surface area (Å²) in [4.78, 5) is 19.9. The molecule has 1 saturated carbocycles. The summed E-state index contributed by atoms with van der Waals surface area (Å²) in [5.74, 6) is 1.13. The molecule has 142 valence electrons. The fourth-order valence-corrected chi connectivity index (χ4v) is 4.75. The molecular weight excluding hydrogens is 344 g/mol. The van der Waals surface area contributed by atoms with Gasteiger partial charge in [0.15, 0.2) is 5.96 Å². The number of nitrogens with two attached hydrogens (primary N) is 1. The van der Waals surface area contributed by atoms with Crippen molar-refractivity contribution in [2.45, 2.75) is 48.7 Å². The molecule has 0 spiro atoms. The van der Waals surface area contributed by atoms with Gasteiger partial charge in [-0.15, -0.1) is 11.8 Å². The number of carbonyl (C=O) groups is 1. The second kappa shape index (κ2) is 8.80. The van der Waals surface area contributed by atoms with Crippen LogP contribution in [0.5, 0.6) is 0 Å². The predicted molar refractivity (Wildman–Crippen MR) is 108 cm³/mol. The standard InChI is InChI=1S/C20H30N4OS/c1-2-22-19(24-12-6-7-16(14-24)13-18(21)25)23-15-20(10-11-20)26-17-8-4-3-5-9-17/h3-5,8-9,16H,2,6-7,10-15H2,1H3,(H2,21,25)(H,22,23). The van der Waals surface area contributed by atoms with E-state index in [0.717, 1.165) is 45.0 Å². The van der Waals surface area contributed by atoms with Gasteiger partial charge in [-0.2, -0.15) is 0 Å². The summed E-state index contributed by atoms with van der Waals surface area (Å²) in [6.45, 7) is 5.67. The Bertz CT molecular complexity index is 630. The van der Waals surface area contributed by atoms with Gasteiger partial charge in [-0.05, 0) is 50.7 Å². The lowest BCUT2D eigenvalue weighted by Crippen LogP contribution is -2.47. The third-order valence-electron chi connectivity index (χ3n) is 5.05. The van der Waals surface area contributed by atoms with Gasteiger partial charge in [0.2, 0.25) is 5.91 Å². The zero-order valence-corrected chi connectivity index (χ0v) is 16.4. The Balaban J connectivity index is 1.62. The van der Waals surface area contributed by atoms with Crippen molar-refractivity contribution >= 4 is 23.6 Å². The summed E-state index contributed by atoms with van der Waals surface area (Å²) >= 11 is 1.96. The van der Waals surface area contributed by atoms with Crippen LogP contribution in [-0.2, 0) is 4.79 Å². The molecule has 0 aromatic heterocycles. The average Bonchev–Trinajstić information content (AvgIpc) is 3.39. The van der Waals surface area contributed by atoms with Crippen LogP contribution in [0, 0.1) is 5.92 Å². The number of nitrogens with one attached hydrogen (secondary N) is 1. The summed E-state index contributed by atoms with van der Waals surface area (Å²) in [7, 11) is 0. The largest absolute Gasteiger partial charge is 0.370 e. The number of carbonyl (C=O) groups excluding carboxylic acids is 1. The first-order chi connectivity index (χ1) is 12.6. The minimum atomic E-state index is -0.199. The fourth-order valence-electron chi connectivity index (χ4n) is 3.52. The quantitative estimate of drug-likeness (QED) is 0.569. The van der Waals surface area contributed by atoms with Crippen molar-refractivity contribution < 1.29 is 4.79 Å². The van der Waals surface area contributed by atoms with Crippen molar-refractivity contribution in [2.75, 3.05) is 26.2 Å². The molecule has 1 unspecified atom stereocenters. The molecule has 0 radical (unpaired) electrons. The van der Waals surface area contributed by atoms with Crippen LogP contribution < -0.4 is 11.1 Å². The SMILES string of the molecule is CCNC(=NCC1(Sc2ccccc2)CC1)N1CCCC(CC(N)=O)C1. The van der Waals surface area contributed by atoms with Crippen LogP contribution in [-0.4, -0.2) is 47.7 Å². The maximum atomic E-state index is 11.3. The molecule has 1 atom stereocenters. The number of benzene rings is 1. The summed E-state index contributed by atoms with van der Waals surface area (Å²) in [6.07, 6.45) is 5.09. The first-order valence-electron chi connectivity index (χ1n) is 9.66. The normalized spacial score (nSPS) is 22.1. The third kappa shape index (κ3) is 5.40. The number of aliphatic imine (C=N–C) groups is 1. The fraction of sp³-hybridized carbons (Fsp3) is 0.600. The Morgan fingerprint density at radius 2 is 2.15 bits per heavy atom. The number of primary amides is 1. The molecule has 2 fully saturated rings. The number of hydrogen-bond acceptors (Lipinski definition) is 3. The maximum absolute atomic E-state index is 11.3. The lowest BCUT2D eigenvalue weighted by Gasteiger charge is -2.35. The van der Waals surface area contributed by atoms with E-state index in [1.54, 1.807) is 0 Å². The van der Waals surface area contributed by atoms with Crippen molar-refractivity contribution in [3.8, 4) is 0 Å². The molecule has 3 N–H and O–H groups in total. The molecule has 0 bridgehead atoms. The zero-order valence-electron chi connectivity index (χ0n) is 15.6. The number of guanidine groups is 1. The Morgan fingerprint density at radius 1 is 1.38 bits per heavy atom. The predicted octanol–water partition coefficient (Wildman–Crippen LogP) is 2.86. The highest BCUT2D eigenvalue weighted by atomic mass is 32.2. The second-order valence-corrected chi connectivity index (χ2v) is 8.93. The molecule has 26 heavy (non-hydrogen) atoms. The van der Waals surface area contributed by atoms with Crippen LogP contribution in [0.1, 0.15) is 39.0 Å². The van der Waals surface area contributed by atoms with Gasteiger partial charge in [-0.25, -0.2) is 0 Å². The van der Waals surface area contributed by atoms with Gasteiger partial charge in [-0.3, -0.25) is 9.79 Å². The van der Waals surface area contributed by atoms with E-state index in [1.165, 1.54) is 17.7 Å². The van der Waals surface area contributed by atoms with E-state index in [1.807, 2.05) is 11.8 Å². The molecule has 1 saturated heterocycles. The molecule has 1 heterocycles. The first kappa shape index (κ1) is 19.1. The van der Waals surface area contributed by atoms with Crippen LogP contribution in [0.25, 0.3) is 0 Å². The molecule has 1 aliphatic heterocycles. The highest BCUT2D eigenvalue weighted by Crippen LogP contribution is 2.51. The first-order valence-corrected chi connectivity index (χ1v) is 10.5. The Hall–Kier alpha value is -1.69. The zero-order chi connectivity index (χ0) is 18.4. The van der Waals surface area contributed by atoms with Gasteiger partial charge in [0.05, 0.1) is 6.54 Å². The molecular formula is C20H30N4OS. The number of rotatable bonds is 7. The van der Waals surface area contributed by atoms with Crippen molar-refractivity contribution in [3.05, 3.63) is 30.3 Å². The number of nitrogens with zero attached hydrogens (tertiary/aromatic N) is 2. The van der Waals surface area contributed by atoms with Crippen LogP contribution in [0.4, 0.5) is 0 Å². The maximum Gasteiger partial charge on any atom is 0.217 e. The van der Waals surface area contributed by atoms with Gasteiger partial charge in [0, 0.05) is 35.7 Å². The lowest BCUT2D eigenvalue weighted by molar-refractivity contribution is -0.119. The molecule has 1 aromatic carbocycles. The van der Waals surface area contributed by atoms with E-state index in [4.69, 9.17) is 10.7 Å². The van der Waals surface area contributed by atoms with Crippen molar-refractivity contribution in [1.29, 1.82) is 0 Å². The van der Waals surface area contributed by atoms with Gasteiger partial charge in [0.25, 0.3) is 0 Å². The third-order valence-corrected chi connectivity index (χ3v) is 6.52. The summed E-state index contributed by atoms with van der Waals surface area (Å²) in [5, 5.41) is 3.44. The second-order valence-electron chi connectivity index (χ2n) is 7.39. The van der Waals surface area contributed by atoms with E-state index >= 15 is 0 Å². The molecule has 6 heteroatoms. The summed E-state index contributed by atoms with van der Waals surface area (Å²) in [6, 6.07) is 10.6. The van der Waals surface area contributed by atoms with Crippen LogP contribution in [0.15, 0.2) is 40.2 Å². The average molecular weight is 375 g/mol. The van der Waals surface area contributed by atoms with E-state index < -0.39 is 0 Å². The number of hydrogen-bond donors (Lipinski definition) is 2. The van der Waals surface area contributed by atoms with Crippen LogP contribution in [0.2, 0.25) is 0 Å². The van der Waals surface area contributed by atoms with E-state index in [-0.39, 0.29) is 10.7 Å². The number of thioether (sulfide) groups is 1. The van der Waals surface area contributed by atoms with E-state index in [0.29, 0.717) is 12.3 Å². The molecule has 5 nitrogen and oxygen atoms in total. The highest BCUT2D eigenvalue weighted by molar-refractivity contribution is 8.01. The van der Waals surface area contributed by atoms with Crippen molar-refractivity contribution in [1.82, 2.24) is 10.2 Å². The van der Waals surface area contributed by atoms with Gasteiger partial charge in [0.1, 0.15) is 0 Å². The smallest absolute Gasteiger partial charge is 0.217 e. The summed E-state index contributed by atoms with van der Waals surface area (Å²) in [5.41, 5.74) is 5.39. The van der Waals surface area contributed by atoms with Gasteiger partial charge < -0.3 is 16.0 Å². The topological polar surface area (TPSA) is 70.7 Å². The molecule has 2 aliphatic rings. The molecule has 1 amide bonds. The van der Waals surface area contributed by atoms with Gasteiger partial charge in [-0.1, -0.05) is 18.2 Å². The van der Waals surface area contributed by atoms with E-state index in [2.05, 4.69) is 47.5 Å². The number of likely N-dealkylation sites (tertiary alicyclic amines) is 1. The number of amides is 1. The van der Waals surface area contributed by atoms with Crippen LogP contribution in [0.3, 0.4) is 0 Å². The minimum absolute atomic E-state index is 0.199. The Labute approximate surface area is 160 Å². The van der Waals surface area contributed by atoms with E-state index in [9.17, 15) is 4.79 Å². The monoisotopic (exact) mass is 374 g/mol. The number of piperidine rings is 1. The molecule has 1 aliphatic carbocycles. The van der Waals surface area contributed by atoms with Crippen molar-refractivity contribution in [2.24, 2.45) is 16.6 Å². The van der Waals surface area contributed by atoms with Crippen molar-refractivity contribution in [3.63, 3.8) is 0 Å². The molecule has 3 rings (SSSR count). The van der Waals surface area contributed by atoms with Crippen LogP contribution >= 0.6 is 11.8 Å².